The Morgan fingerprint density at radius 2 is 2.14 bits per heavy atom. The third kappa shape index (κ3) is 6.13. The minimum Gasteiger partial charge on any atom is -0.444 e. The molecule has 0 saturated carbocycles. The van der Waals surface area contributed by atoms with Crippen molar-refractivity contribution in [3.63, 3.8) is 0 Å². The number of hydrogen-bond donors (Lipinski definition) is 0. The van der Waals surface area contributed by atoms with E-state index in [4.69, 9.17) is 9.47 Å². The molecule has 0 spiro atoms. The van der Waals surface area contributed by atoms with Crippen LogP contribution in [0.25, 0.3) is 0 Å². The first-order valence-corrected chi connectivity index (χ1v) is 10.1. The van der Waals surface area contributed by atoms with E-state index in [1.807, 2.05) is 0 Å². The number of halogens is 2. The molecule has 0 N–H and O–H groups in total. The Labute approximate surface area is 173 Å². The maximum absolute atomic E-state index is 14.2. The van der Waals surface area contributed by atoms with Crippen molar-refractivity contribution in [2.24, 2.45) is 0 Å². The highest BCUT2D eigenvalue weighted by atomic mass is 79.9. The molecule has 2 heterocycles. The van der Waals surface area contributed by atoms with Gasteiger partial charge in [-0.05, 0) is 56.1 Å². The molecule has 9 heteroatoms. The summed E-state index contributed by atoms with van der Waals surface area (Å²) < 4.78 is 25.7. The van der Waals surface area contributed by atoms with Crippen LogP contribution in [0.1, 0.15) is 44.6 Å². The normalized spacial score (nSPS) is 17.8. The van der Waals surface area contributed by atoms with Crippen molar-refractivity contribution in [1.29, 1.82) is 0 Å². The monoisotopic (exact) mass is 459 g/mol. The van der Waals surface area contributed by atoms with E-state index in [2.05, 4.69) is 20.9 Å². The maximum atomic E-state index is 14.2. The minimum atomic E-state index is -0.689. The van der Waals surface area contributed by atoms with Gasteiger partial charge in [0.15, 0.2) is 11.5 Å². The number of carbonyl (C=O) groups excluding carboxylic acids is 2. The number of carbonyl (C=O) groups is 2. The van der Waals surface area contributed by atoms with Crippen LogP contribution >= 0.6 is 15.9 Å². The lowest BCUT2D eigenvalue weighted by Gasteiger charge is -2.34. The molecule has 1 atom stereocenters. The average Bonchev–Trinajstić information content (AvgIpc) is 2.83. The van der Waals surface area contributed by atoms with E-state index in [1.54, 1.807) is 32.6 Å². The molecule has 0 radical (unpaired) electrons. The molecule has 0 aromatic carbocycles. The molecule has 1 unspecified atom stereocenters. The smallest absolute Gasteiger partial charge is 0.410 e. The highest BCUT2D eigenvalue weighted by Crippen LogP contribution is 2.19. The van der Waals surface area contributed by atoms with Crippen LogP contribution in [0.5, 0.6) is 0 Å². The predicted octanol–water partition coefficient (Wildman–Crippen LogP) is 3.47. The highest BCUT2D eigenvalue weighted by molar-refractivity contribution is 9.10. The van der Waals surface area contributed by atoms with Gasteiger partial charge in [0.2, 0.25) is 0 Å². The van der Waals surface area contributed by atoms with Crippen molar-refractivity contribution in [2.75, 3.05) is 32.8 Å². The zero-order valence-electron chi connectivity index (χ0n) is 16.7. The van der Waals surface area contributed by atoms with Crippen LogP contribution in [-0.2, 0) is 9.47 Å². The number of amides is 2. The Bertz CT molecular complexity index is 711. The first kappa shape index (κ1) is 22.5. The Hall–Kier alpha value is -1.74. The lowest BCUT2D eigenvalue weighted by molar-refractivity contribution is 0.0124. The topological polar surface area (TPSA) is 72.0 Å². The van der Waals surface area contributed by atoms with Crippen LogP contribution < -0.4 is 0 Å². The number of nitrogens with zero attached hydrogens (tertiary/aromatic N) is 3. The third-order valence-corrected chi connectivity index (χ3v) is 4.68. The molecule has 1 aromatic rings. The van der Waals surface area contributed by atoms with Gasteiger partial charge in [-0.2, -0.15) is 0 Å². The lowest BCUT2D eigenvalue weighted by Crippen LogP contribution is -2.50. The largest absolute Gasteiger partial charge is 0.444 e. The second-order valence-corrected chi connectivity index (χ2v) is 8.47. The molecule has 156 valence electrons. The summed E-state index contributed by atoms with van der Waals surface area (Å²) in [4.78, 5) is 32.5. The molecule has 1 aliphatic rings. The van der Waals surface area contributed by atoms with E-state index in [-0.39, 0.29) is 18.3 Å². The van der Waals surface area contributed by atoms with Gasteiger partial charge in [0.05, 0.1) is 12.6 Å². The van der Waals surface area contributed by atoms with E-state index >= 15 is 0 Å². The zero-order chi connectivity index (χ0) is 20.9. The number of hydrogen-bond acceptors (Lipinski definition) is 5. The van der Waals surface area contributed by atoms with Crippen molar-refractivity contribution in [1.82, 2.24) is 14.8 Å². The summed E-state index contributed by atoms with van der Waals surface area (Å²) in [6, 6.07) is 0.917. The van der Waals surface area contributed by atoms with Gasteiger partial charge in [0, 0.05) is 36.9 Å². The van der Waals surface area contributed by atoms with Crippen molar-refractivity contribution in [3.8, 4) is 0 Å². The second-order valence-electron chi connectivity index (χ2n) is 7.56. The first-order chi connectivity index (χ1) is 13.1. The van der Waals surface area contributed by atoms with Crippen LogP contribution in [-0.4, -0.2) is 71.3 Å². The van der Waals surface area contributed by atoms with Crippen LogP contribution in [0.15, 0.2) is 16.7 Å². The first-order valence-electron chi connectivity index (χ1n) is 9.30. The minimum absolute atomic E-state index is 0.237. The van der Waals surface area contributed by atoms with Gasteiger partial charge in [-0.15, -0.1) is 0 Å². The van der Waals surface area contributed by atoms with E-state index < -0.39 is 23.4 Å². The van der Waals surface area contributed by atoms with Gasteiger partial charge in [0.25, 0.3) is 5.91 Å². The molecular formula is C19H27BrFN3O4. The van der Waals surface area contributed by atoms with Gasteiger partial charge in [-0.1, -0.05) is 0 Å². The number of pyridine rings is 1. The standard InChI is InChI=1S/C19H27BrFN3O4/c1-5-23(17(25)16-15(21)10-13(20)11-22-16)12-14-6-8-27-9-7-24(14)18(26)28-19(2,3)4/h10-11,14H,5-9,12H2,1-4H3. The summed E-state index contributed by atoms with van der Waals surface area (Å²) in [6.45, 7) is 9.06. The fourth-order valence-corrected chi connectivity index (χ4v) is 3.21. The Kier molecular flexibility index (Phi) is 7.77. The maximum Gasteiger partial charge on any atom is 0.410 e. The molecule has 1 saturated heterocycles. The molecule has 2 rings (SSSR count). The fourth-order valence-electron chi connectivity index (χ4n) is 2.91. The molecule has 0 bridgehead atoms. The number of rotatable bonds is 4. The molecule has 2 amide bonds. The summed E-state index contributed by atoms with van der Waals surface area (Å²) in [5, 5.41) is 0. The number of likely N-dealkylation sites (N-methyl/N-ethyl adjacent to an activating group) is 1. The predicted molar refractivity (Wildman–Crippen MR) is 106 cm³/mol. The highest BCUT2D eigenvalue weighted by Gasteiger charge is 2.32. The lowest BCUT2D eigenvalue weighted by atomic mass is 10.1. The summed E-state index contributed by atoms with van der Waals surface area (Å²) in [5.74, 6) is -1.20. The van der Waals surface area contributed by atoms with Crippen LogP contribution in [0.2, 0.25) is 0 Å². The van der Waals surface area contributed by atoms with Crippen molar-refractivity contribution < 1.29 is 23.5 Å². The summed E-state index contributed by atoms with van der Waals surface area (Å²) in [6.07, 6.45) is 1.50. The molecule has 0 aliphatic carbocycles. The van der Waals surface area contributed by atoms with E-state index in [0.29, 0.717) is 37.2 Å². The van der Waals surface area contributed by atoms with Gasteiger partial charge < -0.3 is 19.3 Å². The van der Waals surface area contributed by atoms with Gasteiger partial charge in [-0.25, -0.2) is 14.2 Å². The quantitative estimate of drug-likeness (QED) is 0.688. The molecule has 1 fully saturated rings. The van der Waals surface area contributed by atoms with Gasteiger partial charge in [-0.3, -0.25) is 4.79 Å². The summed E-state index contributed by atoms with van der Waals surface area (Å²) in [5.41, 5.74) is -0.863. The van der Waals surface area contributed by atoms with Crippen molar-refractivity contribution in [3.05, 3.63) is 28.2 Å². The van der Waals surface area contributed by atoms with E-state index in [9.17, 15) is 14.0 Å². The van der Waals surface area contributed by atoms with Crippen LogP contribution in [0.3, 0.4) is 0 Å². The van der Waals surface area contributed by atoms with Gasteiger partial charge in [0.1, 0.15) is 5.60 Å². The van der Waals surface area contributed by atoms with E-state index in [1.165, 1.54) is 17.2 Å². The third-order valence-electron chi connectivity index (χ3n) is 4.25. The van der Waals surface area contributed by atoms with Crippen molar-refractivity contribution in [2.45, 2.75) is 45.8 Å². The molecule has 7 nitrogen and oxygen atoms in total. The Balaban J connectivity index is 2.19. The van der Waals surface area contributed by atoms with Crippen LogP contribution in [0.4, 0.5) is 9.18 Å². The number of ether oxygens (including phenoxy) is 2. The zero-order valence-corrected chi connectivity index (χ0v) is 18.3. The van der Waals surface area contributed by atoms with E-state index in [0.717, 1.165) is 0 Å². The SMILES string of the molecule is CCN(CC1CCOCCN1C(=O)OC(C)(C)C)C(=O)c1ncc(Br)cc1F. The fraction of sp³-hybridized carbons (Fsp3) is 0.632. The molecule has 28 heavy (non-hydrogen) atoms. The number of aromatic nitrogens is 1. The van der Waals surface area contributed by atoms with Crippen molar-refractivity contribution >= 4 is 27.9 Å². The molecule has 1 aromatic heterocycles. The Morgan fingerprint density at radius 3 is 2.75 bits per heavy atom. The second kappa shape index (κ2) is 9.65. The Morgan fingerprint density at radius 1 is 1.43 bits per heavy atom. The average molecular weight is 460 g/mol. The van der Waals surface area contributed by atoms with Gasteiger partial charge >= 0.3 is 6.09 Å². The summed E-state index contributed by atoms with van der Waals surface area (Å²) >= 11 is 3.14. The molecule has 1 aliphatic heterocycles. The summed E-state index contributed by atoms with van der Waals surface area (Å²) in [7, 11) is 0. The van der Waals surface area contributed by atoms with Crippen LogP contribution in [0, 0.1) is 5.82 Å². The molecular weight excluding hydrogens is 433 g/mol.